The van der Waals surface area contributed by atoms with Crippen molar-refractivity contribution in [1.82, 2.24) is 0 Å². The van der Waals surface area contributed by atoms with E-state index in [1.54, 1.807) is 18.2 Å². The number of aliphatic carboxylic acids is 1. The van der Waals surface area contributed by atoms with Crippen LogP contribution in [0.25, 0.3) is 0 Å². The van der Waals surface area contributed by atoms with Gasteiger partial charge in [-0.25, -0.2) is 0 Å². The molecular weight excluding hydrogens is 218 g/mol. The molecule has 15 heavy (non-hydrogen) atoms. The van der Waals surface area contributed by atoms with Crippen molar-refractivity contribution >= 4 is 23.3 Å². The average Bonchev–Trinajstić information content (AvgIpc) is 2.17. The molecule has 4 nitrogen and oxygen atoms in total. The van der Waals surface area contributed by atoms with Crippen molar-refractivity contribution in [3.05, 3.63) is 35.0 Å². The number of ether oxygens (including phenoxy) is 1. The number of hydrogen-bond donors (Lipinski definition) is 1. The van der Waals surface area contributed by atoms with Crippen molar-refractivity contribution < 1.29 is 14.6 Å². The van der Waals surface area contributed by atoms with E-state index in [1.165, 1.54) is 0 Å². The summed E-state index contributed by atoms with van der Waals surface area (Å²) in [6.07, 6.45) is 0.970. The van der Waals surface area contributed by atoms with Crippen LogP contribution in [-0.2, 0) is 4.79 Å². The van der Waals surface area contributed by atoms with E-state index in [1.807, 2.05) is 0 Å². The summed E-state index contributed by atoms with van der Waals surface area (Å²) in [5.41, 5.74) is 1.14. The number of nitrogens with one attached hydrogen (secondary N) is 1. The van der Waals surface area contributed by atoms with E-state index in [-0.39, 0.29) is 6.61 Å². The summed E-state index contributed by atoms with van der Waals surface area (Å²) in [5.74, 6) is -0.642. The molecule has 1 heterocycles. The molecule has 0 aliphatic carbocycles. The van der Waals surface area contributed by atoms with E-state index in [0.29, 0.717) is 22.2 Å². The molecule has 0 saturated heterocycles. The zero-order valence-corrected chi connectivity index (χ0v) is 8.38. The second-order valence-corrected chi connectivity index (χ2v) is 3.48. The SMILES string of the molecule is O=C([O-])C=C1COc2cc(Cl)ccc2N1. The first kappa shape index (κ1) is 9.86. The third-order valence-corrected chi connectivity index (χ3v) is 2.15. The molecule has 0 unspecified atom stereocenters. The minimum Gasteiger partial charge on any atom is -0.545 e. The summed E-state index contributed by atoms with van der Waals surface area (Å²) < 4.78 is 5.31. The lowest BCUT2D eigenvalue weighted by molar-refractivity contribution is -0.297. The Morgan fingerprint density at radius 3 is 3.13 bits per heavy atom. The van der Waals surface area contributed by atoms with Crippen LogP contribution in [0.15, 0.2) is 30.0 Å². The minimum absolute atomic E-state index is 0.168. The summed E-state index contributed by atoms with van der Waals surface area (Å²) >= 11 is 5.77. The first-order chi connectivity index (χ1) is 7.15. The molecule has 0 fully saturated rings. The Hall–Kier alpha value is -1.68. The zero-order chi connectivity index (χ0) is 10.8. The fourth-order valence-electron chi connectivity index (χ4n) is 1.30. The van der Waals surface area contributed by atoms with Crippen LogP contribution in [0.5, 0.6) is 5.75 Å². The van der Waals surface area contributed by atoms with Crippen molar-refractivity contribution in [1.29, 1.82) is 0 Å². The highest BCUT2D eigenvalue weighted by molar-refractivity contribution is 6.30. The van der Waals surface area contributed by atoms with Gasteiger partial charge in [0.05, 0.1) is 17.4 Å². The maximum atomic E-state index is 10.3. The minimum atomic E-state index is -1.25. The second kappa shape index (κ2) is 3.82. The monoisotopic (exact) mass is 224 g/mol. The summed E-state index contributed by atoms with van der Waals surface area (Å²) in [4.78, 5) is 10.3. The first-order valence-electron chi connectivity index (χ1n) is 4.26. The molecule has 0 atom stereocenters. The molecule has 0 spiro atoms. The van der Waals surface area contributed by atoms with Gasteiger partial charge in [0.2, 0.25) is 0 Å². The number of benzene rings is 1. The van der Waals surface area contributed by atoms with Gasteiger partial charge >= 0.3 is 0 Å². The molecule has 1 aliphatic heterocycles. The van der Waals surface area contributed by atoms with Crippen molar-refractivity contribution in [3.63, 3.8) is 0 Å². The van der Waals surface area contributed by atoms with Gasteiger partial charge in [-0.15, -0.1) is 0 Å². The lowest BCUT2D eigenvalue weighted by Crippen LogP contribution is -2.24. The summed E-state index contributed by atoms with van der Waals surface area (Å²) in [6.45, 7) is 0.168. The van der Waals surface area contributed by atoms with E-state index in [9.17, 15) is 9.90 Å². The van der Waals surface area contributed by atoms with Gasteiger partial charge in [-0.1, -0.05) is 11.6 Å². The second-order valence-electron chi connectivity index (χ2n) is 3.04. The number of carboxylic acid groups (broad SMARTS) is 1. The van der Waals surface area contributed by atoms with Crippen LogP contribution in [0.4, 0.5) is 5.69 Å². The maximum Gasteiger partial charge on any atom is 0.144 e. The van der Waals surface area contributed by atoms with Gasteiger partial charge in [0, 0.05) is 11.1 Å². The number of rotatable bonds is 1. The van der Waals surface area contributed by atoms with E-state index < -0.39 is 5.97 Å². The summed E-state index contributed by atoms with van der Waals surface area (Å²) in [5, 5.41) is 13.8. The van der Waals surface area contributed by atoms with E-state index >= 15 is 0 Å². The Bertz CT molecular complexity index is 442. The van der Waals surface area contributed by atoms with Crippen molar-refractivity contribution in [2.45, 2.75) is 0 Å². The molecule has 1 N–H and O–H groups in total. The lowest BCUT2D eigenvalue weighted by Gasteiger charge is -2.21. The third-order valence-electron chi connectivity index (χ3n) is 1.91. The standard InChI is InChI=1S/C10H8ClNO3/c11-6-1-2-8-9(3-6)15-5-7(12-8)4-10(13)14/h1-4,12H,5H2,(H,13,14)/p-1. The van der Waals surface area contributed by atoms with Crippen LogP contribution in [-0.4, -0.2) is 12.6 Å². The molecule has 0 saturated carbocycles. The molecule has 5 heteroatoms. The molecule has 1 aromatic carbocycles. The largest absolute Gasteiger partial charge is 0.545 e. The maximum absolute atomic E-state index is 10.3. The molecule has 0 radical (unpaired) electrons. The van der Waals surface area contributed by atoms with Gasteiger partial charge in [0.1, 0.15) is 12.4 Å². The Morgan fingerprint density at radius 1 is 1.60 bits per heavy atom. The highest BCUT2D eigenvalue weighted by atomic mass is 35.5. The van der Waals surface area contributed by atoms with Gasteiger partial charge in [-0.05, 0) is 18.2 Å². The number of halogens is 1. The number of carbonyl (C=O) groups excluding carboxylic acids is 1. The number of fused-ring (bicyclic) bond motifs is 1. The van der Waals surface area contributed by atoms with Crippen LogP contribution < -0.4 is 15.2 Å². The predicted octanol–water partition coefficient (Wildman–Crippen LogP) is 0.778. The van der Waals surface area contributed by atoms with E-state index in [2.05, 4.69) is 5.32 Å². The molecule has 0 bridgehead atoms. The smallest absolute Gasteiger partial charge is 0.144 e. The highest BCUT2D eigenvalue weighted by Crippen LogP contribution is 2.32. The lowest BCUT2D eigenvalue weighted by atomic mass is 10.2. The van der Waals surface area contributed by atoms with Crippen molar-refractivity contribution in [2.24, 2.45) is 0 Å². The van der Waals surface area contributed by atoms with Crippen LogP contribution >= 0.6 is 11.6 Å². The van der Waals surface area contributed by atoms with Crippen LogP contribution in [0.3, 0.4) is 0 Å². The van der Waals surface area contributed by atoms with E-state index in [0.717, 1.165) is 6.08 Å². The van der Waals surface area contributed by atoms with Gasteiger partial charge < -0.3 is 20.0 Å². The van der Waals surface area contributed by atoms with Crippen LogP contribution in [0.2, 0.25) is 5.02 Å². The highest BCUT2D eigenvalue weighted by Gasteiger charge is 2.13. The fraction of sp³-hybridized carbons (Fsp3) is 0.100. The topological polar surface area (TPSA) is 61.4 Å². The van der Waals surface area contributed by atoms with Gasteiger partial charge in [0.25, 0.3) is 0 Å². The fourth-order valence-corrected chi connectivity index (χ4v) is 1.47. The summed E-state index contributed by atoms with van der Waals surface area (Å²) in [6, 6.07) is 5.08. The molecule has 0 amide bonds. The average molecular weight is 225 g/mol. The Balaban J connectivity index is 2.28. The van der Waals surface area contributed by atoms with E-state index in [4.69, 9.17) is 16.3 Å². The molecule has 1 aromatic rings. The quantitative estimate of drug-likeness (QED) is 0.716. The summed E-state index contributed by atoms with van der Waals surface area (Å²) in [7, 11) is 0. The van der Waals surface area contributed by atoms with Gasteiger partial charge in [-0.3, -0.25) is 0 Å². The number of carboxylic acids is 1. The molecule has 2 rings (SSSR count). The molecule has 1 aliphatic rings. The molecular formula is C10H7ClNO3-. The third kappa shape index (κ3) is 2.22. The Labute approximate surface area is 91.1 Å². The van der Waals surface area contributed by atoms with Crippen LogP contribution in [0.1, 0.15) is 0 Å². The predicted molar refractivity (Wildman–Crippen MR) is 53.7 cm³/mol. The Morgan fingerprint density at radius 2 is 2.40 bits per heavy atom. The number of carbonyl (C=O) groups is 1. The number of anilines is 1. The molecule has 78 valence electrons. The van der Waals surface area contributed by atoms with Gasteiger partial charge in [-0.2, -0.15) is 0 Å². The van der Waals surface area contributed by atoms with Gasteiger partial charge in [0.15, 0.2) is 0 Å². The Kier molecular flexibility index (Phi) is 2.51. The molecule has 0 aromatic heterocycles. The van der Waals surface area contributed by atoms with Crippen molar-refractivity contribution in [2.75, 3.05) is 11.9 Å². The van der Waals surface area contributed by atoms with Crippen LogP contribution in [0, 0.1) is 0 Å². The number of hydrogen-bond acceptors (Lipinski definition) is 4. The van der Waals surface area contributed by atoms with Crippen molar-refractivity contribution in [3.8, 4) is 5.75 Å². The first-order valence-corrected chi connectivity index (χ1v) is 4.64. The normalized spacial score (nSPS) is 16.5. The zero-order valence-electron chi connectivity index (χ0n) is 7.62.